The number of benzene rings is 2. The van der Waals surface area contributed by atoms with Crippen LogP contribution in [0.4, 0.5) is 5.69 Å². The van der Waals surface area contributed by atoms with E-state index in [1.165, 1.54) is 11.3 Å². The third-order valence-corrected chi connectivity index (χ3v) is 4.84. The van der Waals surface area contributed by atoms with Crippen molar-refractivity contribution in [2.45, 2.75) is 6.54 Å². The van der Waals surface area contributed by atoms with Gasteiger partial charge in [-0.25, -0.2) is 4.68 Å². The van der Waals surface area contributed by atoms with Crippen molar-refractivity contribution in [3.05, 3.63) is 77.6 Å². The fraction of sp³-hybridized carbons (Fsp3) is 0.250. The van der Waals surface area contributed by atoms with Gasteiger partial charge in [0.05, 0.1) is 11.9 Å². The molecule has 0 saturated carbocycles. The van der Waals surface area contributed by atoms with E-state index in [9.17, 15) is 0 Å². The Labute approximate surface area is 153 Å². The van der Waals surface area contributed by atoms with Crippen molar-refractivity contribution in [1.82, 2.24) is 14.7 Å². The van der Waals surface area contributed by atoms with Crippen LogP contribution in [0, 0.1) is 0 Å². The van der Waals surface area contributed by atoms with Gasteiger partial charge < -0.3 is 4.90 Å². The van der Waals surface area contributed by atoms with Crippen LogP contribution in [0.1, 0.15) is 5.56 Å². The Bertz CT molecular complexity index is 822. The number of hydrogen-bond acceptors (Lipinski definition) is 3. The number of anilines is 1. The highest BCUT2D eigenvalue weighted by atomic mass is 35.5. The van der Waals surface area contributed by atoms with Crippen molar-refractivity contribution in [2.75, 3.05) is 31.1 Å². The molecule has 2 aromatic carbocycles. The summed E-state index contributed by atoms with van der Waals surface area (Å²) < 4.78 is 1.94. The van der Waals surface area contributed by atoms with E-state index in [-0.39, 0.29) is 0 Å². The standard InChI is InChI=1S/C20H21ClN4/c21-18-5-4-8-20(13-18)24-11-9-23(10-12-24)15-17-14-22-25(16-17)19-6-2-1-3-7-19/h1-8,13-14,16H,9-12,15H2. The molecule has 25 heavy (non-hydrogen) atoms. The Balaban J connectivity index is 1.35. The summed E-state index contributed by atoms with van der Waals surface area (Å²) in [4.78, 5) is 4.88. The molecule has 0 N–H and O–H groups in total. The van der Waals surface area contributed by atoms with Crippen molar-refractivity contribution < 1.29 is 0 Å². The molecule has 3 aromatic rings. The van der Waals surface area contributed by atoms with E-state index >= 15 is 0 Å². The summed E-state index contributed by atoms with van der Waals surface area (Å²) in [6.45, 7) is 5.07. The molecule has 4 nitrogen and oxygen atoms in total. The van der Waals surface area contributed by atoms with Gasteiger partial charge in [0.2, 0.25) is 0 Å². The van der Waals surface area contributed by atoms with Gasteiger partial charge in [0.25, 0.3) is 0 Å². The normalized spacial score (nSPS) is 15.5. The third-order valence-electron chi connectivity index (χ3n) is 4.61. The first-order valence-corrected chi connectivity index (χ1v) is 8.97. The Morgan fingerprint density at radius 2 is 1.64 bits per heavy atom. The molecule has 128 valence electrons. The molecule has 4 rings (SSSR count). The molecule has 0 aliphatic carbocycles. The molecular weight excluding hydrogens is 332 g/mol. The zero-order chi connectivity index (χ0) is 17.1. The van der Waals surface area contributed by atoms with Crippen molar-refractivity contribution in [1.29, 1.82) is 0 Å². The van der Waals surface area contributed by atoms with Crippen LogP contribution in [0.15, 0.2) is 67.0 Å². The maximum absolute atomic E-state index is 6.11. The van der Waals surface area contributed by atoms with Crippen LogP contribution >= 0.6 is 11.6 Å². The first kappa shape index (κ1) is 16.2. The zero-order valence-electron chi connectivity index (χ0n) is 14.1. The quantitative estimate of drug-likeness (QED) is 0.712. The van der Waals surface area contributed by atoms with Gasteiger partial charge in [-0.3, -0.25) is 4.90 Å². The molecule has 1 fully saturated rings. The zero-order valence-corrected chi connectivity index (χ0v) is 14.8. The monoisotopic (exact) mass is 352 g/mol. The second-order valence-electron chi connectivity index (χ2n) is 6.37. The predicted octanol–water partition coefficient (Wildman–Crippen LogP) is 3.85. The maximum atomic E-state index is 6.11. The SMILES string of the molecule is Clc1cccc(N2CCN(Cc3cnn(-c4ccccc4)c3)CC2)c1. The number of para-hydroxylation sites is 1. The summed E-state index contributed by atoms with van der Waals surface area (Å²) in [5.74, 6) is 0. The lowest BCUT2D eigenvalue weighted by molar-refractivity contribution is 0.250. The number of hydrogen-bond donors (Lipinski definition) is 0. The molecule has 1 aromatic heterocycles. The number of piperazine rings is 1. The second-order valence-corrected chi connectivity index (χ2v) is 6.81. The highest BCUT2D eigenvalue weighted by molar-refractivity contribution is 6.30. The molecule has 0 unspecified atom stereocenters. The van der Waals surface area contributed by atoms with Gasteiger partial charge in [0.15, 0.2) is 0 Å². The van der Waals surface area contributed by atoms with Crippen LogP contribution in [-0.2, 0) is 6.54 Å². The van der Waals surface area contributed by atoms with Gasteiger partial charge in [0.1, 0.15) is 0 Å². The number of halogens is 1. The van der Waals surface area contributed by atoms with Gasteiger partial charge in [-0.15, -0.1) is 0 Å². The topological polar surface area (TPSA) is 24.3 Å². The van der Waals surface area contributed by atoms with E-state index in [0.717, 1.165) is 43.4 Å². The van der Waals surface area contributed by atoms with E-state index in [2.05, 4.69) is 39.3 Å². The lowest BCUT2D eigenvalue weighted by Gasteiger charge is -2.36. The average molecular weight is 353 g/mol. The summed E-state index contributed by atoms with van der Waals surface area (Å²) in [6, 6.07) is 18.3. The smallest absolute Gasteiger partial charge is 0.0645 e. The average Bonchev–Trinajstić information content (AvgIpc) is 3.12. The molecule has 2 heterocycles. The minimum atomic E-state index is 0.799. The second kappa shape index (κ2) is 7.30. The molecule has 0 bridgehead atoms. The number of nitrogens with zero attached hydrogens (tertiary/aromatic N) is 4. The highest BCUT2D eigenvalue weighted by Gasteiger charge is 2.18. The molecule has 0 amide bonds. The minimum absolute atomic E-state index is 0.799. The molecule has 0 atom stereocenters. The Kier molecular flexibility index (Phi) is 4.72. The predicted molar refractivity (Wildman–Crippen MR) is 103 cm³/mol. The third kappa shape index (κ3) is 3.86. The van der Waals surface area contributed by atoms with Crippen molar-refractivity contribution >= 4 is 17.3 Å². The van der Waals surface area contributed by atoms with Crippen LogP contribution in [0.3, 0.4) is 0 Å². The lowest BCUT2D eigenvalue weighted by Crippen LogP contribution is -2.45. The van der Waals surface area contributed by atoms with Gasteiger partial charge in [-0.1, -0.05) is 35.9 Å². The highest BCUT2D eigenvalue weighted by Crippen LogP contribution is 2.21. The molecule has 5 heteroatoms. The molecule has 1 aliphatic rings. The minimum Gasteiger partial charge on any atom is -0.369 e. The fourth-order valence-corrected chi connectivity index (χ4v) is 3.44. The van der Waals surface area contributed by atoms with E-state index < -0.39 is 0 Å². The number of aromatic nitrogens is 2. The van der Waals surface area contributed by atoms with Crippen molar-refractivity contribution in [3.8, 4) is 5.69 Å². The van der Waals surface area contributed by atoms with Crippen LogP contribution in [0.5, 0.6) is 0 Å². The molecule has 0 spiro atoms. The Hall–Kier alpha value is -2.30. The Morgan fingerprint density at radius 1 is 0.880 bits per heavy atom. The van der Waals surface area contributed by atoms with E-state index in [1.807, 2.05) is 47.3 Å². The number of rotatable bonds is 4. The first-order chi connectivity index (χ1) is 12.3. The Morgan fingerprint density at radius 3 is 2.40 bits per heavy atom. The van der Waals surface area contributed by atoms with Gasteiger partial charge >= 0.3 is 0 Å². The molecule has 0 radical (unpaired) electrons. The largest absolute Gasteiger partial charge is 0.369 e. The summed E-state index contributed by atoms with van der Waals surface area (Å²) in [5.41, 5.74) is 3.56. The van der Waals surface area contributed by atoms with E-state index in [1.54, 1.807) is 0 Å². The van der Waals surface area contributed by atoms with Crippen LogP contribution < -0.4 is 4.90 Å². The molecular formula is C20H21ClN4. The van der Waals surface area contributed by atoms with E-state index in [4.69, 9.17) is 11.6 Å². The van der Waals surface area contributed by atoms with Crippen molar-refractivity contribution in [2.24, 2.45) is 0 Å². The van der Waals surface area contributed by atoms with E-state index in [0.29, 0.717) is 0 Å². The van der Waals surface area contributed by atoms with Gasteiger partial charge in [-0.2, -0.15) is 5.10 Å². The summed E-state index contributed by atoms with van der Waals surface area (Å²) in [6.07, 6.45) is 4.09. The van der Waals surface area contributed by atoms with Gasteiger partial charge in [-0.05, 0) is 30.3 Å². The molecule has 1 aliphatic heterocycles. The fourth-order valence-electron chi connectivity index (χ4n) is 3.26. The maximum Gasteiger partial charge on any atom is 0.0645 e. The molecule has 1 saturated heterocycles. The summed E-state index contributed by atoms with van der Waals surface area (Å²) >= 11 is 6.11. The summed E-state index contributed by atoms with van der Waals surface area (Å²) in [5, 5.41) is 5.29. The first-order valence-electron chi connectivity index (χ1n) is 8.60. The van der Waals surface area contributed by atoms with Gasteiger partial charge in [0, 0.05) is 55.2 Å². The van der Waals surface area contributed by atoms with Crippen molar-refractivity contribution in [3.63, 3.8) is 0 Å². The van der Waals surface area contributed by atoms with Crippen LogP contribution in [-0.4, -0.2) is 40.9 Å². The van der Waals surface area contributed by atoms with Crippen LogP contribution in [0.2, 0.25) is 5.02 Å². The lowest BCUT2D eigenvalue weighted by atomic mass is 10.2. The summed E-state index contributed by atoms with van der Waals surface area (Å²) in [7, 11) is 0. The van der Waals surface area contributed by atoms with Crippen LogP contribution in [0.25, 0.3) is 5.69 Å².